The summed E-state index contributed by atoms with van der Waals surface area (Å²) in [5.41, 5.74) is 2.62. The van der Waals surface area contributed by atoms with Crippen LogP contribution >= 0.6 is 11.6 Å². The molecular formula is C27H28ClN3O3. The van der Waals surface area contributed by atoms with Crippen molar-refractivity contribution in [2.75, 3.05) is 20.3 Å². The number of benzene rings is 3. The number of unbranched alkanes of at least 4 members (excludes halogenated alkanes) is 1. The van der Waals surface area contributed by atoms with Crippen molar-refractivity contribution in [3.63, 3.8) is 0 Å². The third-order valence-corrected chi connectivity index (χ3v) is 5.78. The molecule has 3 aromatic carbocycles. The number of hydrogen-bond donors (Lipinski definition) is 1. The highest BCUT2D eigenvalue weighted by atomic mass is 35.5. The highest BCUT2D eigenvalue weighted by molar-refractivity contribution is 6.30. The lowest BCUT2D eigenvalue weighted by Gasteiger charge is -2.11. The van der Waals surface area contributed by atoms with Crippen LogP contribution in [0, 0.1) is 0 Å². The molecule has 7 heteroatoms. The van der Waals surface area contributed by atoms with Crippen molar-refractivity contribution in [3.05, 3.63) is 89.2 Å². The molecule has 1 N–H and O–H groups in total. The van der Waals surface area contributed by atoms with E-state index in [-0.39, 0.29) is 5.91 Å². The van der Waals surface area contributed by atoms with Crippen LogP contribution in [0.5, 0.6) is 11.5 Å². The fourth-order valence-corrected chi connectivity index (χ4v) is 4.03. The number of fused-ring (bicyclic) bond motifs is 1. The quantitative estimate of drug-likeness (QED) is 0.288. The molecule has 0 unspecified atom stereocenters. The fraction of sp³-hybridized carbons (Fsp3) is 0.259. The molecular weight excluding hydrogens is 450 g/mol. The number of carbonyl (C=O) groups excluding carboxylic acids is 1. The molecule has 1 amide bonds. The first-order valence-electron chi connectivity index (χ1n) is 11.4. The minimum atomic E-state index is -0.139. The van der Waals surface area contributed by atoms with Gasteiger partial charge in [-0.2, -0.15) is 0 Å². The van der Waals surface area contributed by atoms with Crippen molar-refractivity contribution < 1.29 is 14.3 Å². The standard InChI is InChI=1S/C27H28ClN3O3/c1-33-22-10-7-11-23(19-22)34-17-5-4-16-31-25-13-3-2-12-24(25)30-26(31)14-15-29-27(32)20-8-6-9-21(28)18-20/h2-3,6-13,18-19H,4-5,14-17H2,1H3,(H,29,32). The lowest BCUT2D eigenvalue weighted by atomic mass is 10.2. The summed E-state index contributed by atoms with van der Waals surface area (Å²) in [4.78, 5) is 17.2. The second-order valence-corrected chi connectivity index (χ2v) is 8.36. The maximum Gasteiger partial charge on any atom is 0.251 e. The van der Waals surface area contributed by atoms with Gasteiger partial charge >= 0.3 is 0 Å². The predicted molar refractivity (Wildman–Crippen MR) is 135 cm³/mol. The van der Waals surface area contributed by atoms with Crippen LogP contribution in [-0.2, 0) is 13.0 Å². The van der Waals surface area contributed by atoms with E-state index in [1.807, 2.05) is 42.5 Å². The molecule has 0 aliphatic rings. The zero-order valence-electron chi connectivity index (χ0n) is 19.2. The Morgan fingerprint density at radius 2 is 1.82 bits per heavy atom. The average Bonchev–Trinajstić information content (AvgIpc) is 3.21. The largest absolute Gasteiger partial charge is 0.497 e. The van der Waals surface area contributed by atoms with Crippen LogP contribution in [0.1, 0.15) is 29.0 Å². The number of aryl methyl sites for hydroxylation is 1. The molecule has 0 saturated heterocycles. The Hall–Kier alpha value is -3.51. The Balaban J connectivity index is 1.33. The van der Waals surface area contributed by atoms with Crippen molar-refractivity contribution in [2.45, 2.75) is 25.8 Å². The molecule has 6 nitrogen and oxygen atoms in total. The Kier molecular flexibility index (Phi) is 8.04. The number of rotatable bonds is 11. The molecule has 1 aromatic heterocycles. The molecule has 0 aliphatic carbocycles. The van der Waals surface area contributed by atoms with Gasteiger partial charge in [0.15, 0.2) is 0 Å². The zero-order chi connectivity index (χ0) is 23.8. The molecule has 176 valence electrons. The number of ether oxygens (including phenoxy) is 2. The first-order valence-corrected chi connectivity index (χ1v) is 11.8. The molecule has 0 radical (unpaired) electrons. The summed E-state index contributed by atoms with van der Waals surface area (Å²) in [6.45, 7) is 1.96. The number of halogens is 1. The maximum absolute atomic E-state index is 12.4. The summed E-state index contributed by atoms with van der Waals surface area (Å²) in [6, 6.07) is 22.7. The van der Waals surface area contributed by atoms with Gasteiger partial charge in [-0.05, 0) is 55.3 Å². The third kappa shape index (κ3) is 6.08. The maximum atomic E-state index is 12.4. The second-order valence-electron chi connectivity index (χ2n) is 7.92. The van der Waals surface area contributed by atoms with Gasteiger partial charge in [0.2, 0.25) is 0 Å². The normalized spacial score (nSPS) is 10.9. The molecule has 34 heavy (non-hydrogen) atoms. The van der Waals surface area contributed by atoms with Gasteiger partial charge in [0.05, 0.1) is 24.8 Å². The first-order chi connectivity index (χ1) is 16.6. The van der Waals surface area contributed by atoms with Gasteiger partial charge in [-0.3, -0.25) is 4.79 Å². The number of methoxy groups -OCH3 is 1. The van der Waals surface area contributed by atoms with Crippen molar-refractivity contribution in [2.24, 2.45) is 0 Å². The molecule has 4 aromatic rings. The molecule has 0 spiro atoms. The smallest absolute Gasteiger partial charge is 0.251 e. The molecule has 0 fully saturated rings. The van der Waals surface area contributed by atoms with E-state index in [4.69, 9.17) is 26.1 Å². The number of aromatic nitrogens is 2. The predicted octanol–water partition coefficient (Wildman–Crippen LogP) is 5.53. The number of nitrogens with one attached hydrogen (secondary N) is 1. The Bertz CT molecular complexity index is 1250. The Labute approximate surface area is 204 Å². The lowest BCUT2D eigenvalue weighted by Crippen LogP contribution is -2.26. The van der Waals surface area contributed by atoms with E-state index in [0.717, 1.165) is 47.7 Å². The number of imidazole rings is 1. The fourth-order valence-electron chi connectivity index (χ4n) is 3.84. The van der Waals surface area contributed by atoms with Gasteiger partial charge < -0.3 is 19.4 Å². The number of carbonyl (C=O) groups is 1. The van der Waals surface area contributed by atoms with Gasteiger partial charge in [0.25, 0.3) is 5.91 Å². The monoisotopic (exact) mass is 477 g/mol. The van der Waals surface area contributed by atoms with E-state index in [1.165, 1.54) is 0 Å². The highest BCUT2D eigenvalue weighted by Crippen LogP contribution is 2.20. The van der Waals surface area contributed by atoms with Crippen LogP contribution in [0.25, 0.3) is 11.0 Å². The summed E-state index contributed by atoms with van der Waals surface area (Å²) in [6.07, 6.45) is 2.50. The van der Waals surface area contributed by atoms with Crippen LogP contribution in [0.3, 0.4) is 0 Å². The van der Waals surface area contributed by atoms with E-state index in [1.54, 1.807) is 31.4 Å². The summed E-state index contributed by atoms with van der Waals surface area (Å²) >= 11 is 6.00. The van der Waals surface area contributed by atoms with Crippen molar-refractivity contribution in [3.8, 4) is 11.5 Å². The van der Waals surface area contributed by atoms with Gasteiger partial charge in [-0.15, -0.1) is 0 Å². The summed E-state index contributed by atoms with van der Waals surface area (Å²) < 4.78 is 13.3. The topological polar surface area (TPSA) is 65.4 Å². The van der Waals surface area contributed by atoms with Gasteiger partial charge in [-0.25, -0.2) is 4.98 Å². The van der Waals surface area contributed by atoms with E-state index in [0.29, 0.717) is 30.2 Å². The van der Waals surface area contributed by atoms with Gasteiger partial charge in [0.1, 0.15) is 17.3 Å². The van der Waals surface area contributed by atoms with Crippen LogP contribution < -0.4 is 14.8 Å². The second kappa shape index (κ2) is 11.6. The van der Waals surface area contributed by atoms with E-state index in [9.17, 15) is 4.79 Å². The molecule has 0 saturated carbocycles. The molecule has 4 rings (SSSR count). The number of hydrogen-bond acceptors (Lipinski definition) is 4. The summed E-state index contributed by atoms with van der Waals surface area (Å²) in [5, 5.41) is 3.52. The summed E-state index contributed by atoms with van der Waals surface area (Å²) in [7, 11) is 1.65. The van der Waals surface area contributed by atoms with Crippen LogP contribution in [-0.4, -0.2) is 35.7 Å². The minimum Gasteiger partial charge on any atom is -0.497 e. The van der Waals surface area contributed by atoms with Crippen LogP contribution in [0.15, 0.2) is 72.8 Å². The summed E-state index contributed by atoms with van der Waals surface area (Å²) in [5.74, 6) is 2.42. The van der Waals surface area contributed by atoms with Crippen LogP contribution in [0.2, 0.25) is 5.02 Å². The molecule has 1 heterocycles. The molecule has 0 atom stereocenters. The van der Waals surface area contributed by atoms with Crippen LogP contribution in [0.4, 0.5) is 0 Å². The third-order valence-electron chi connectivity index (χ3n) is 5.54. The highest BCUT2D eigenvalue weighted by Gasteiger charge is 2.11. The lowest BCUT2D eigenvalue weighted by molar-refractivity contribution is 0.0954. The Morgan fingerprint density at radius 1 is 1.00 bits per heavy atom. The Morgan fingerprint density at radius 3 is 2.68 bits per heavy atom. The molecule has 0 aliphatic heterocycles. The van der Waals surface area contributed by atoms with Gasteiger partial charge in [-0.1, -0.05) is 35.9 Å². The first kappa shape index (κ1) is 23.6. The average molecular weight is 478 g/mol. The SMILES string of the molecule is COc1cccc(OCCCCn2c(CCNC(=O)c3cccc(Cl)c3)nc3ccccc32)c1. The van der Waals surface area contributed by atoms with Crippen molar-refractivity contribution in [1.29, 1.82) is 0 Å². The van der Waals surface area contributed by atoms with Gasteiger partial charge in [0, 0.05) is 36.2 Å². The number of nitrogens with zero attached hydrogens (tertiary/aromatic N) is 2. The minimum absolute atomic E-state index is 0.139. The van der Waals surface area contributed by atoms with E-state index < -0.39 is 0 Å². The number of para-hydroxylation sites is 2. The molecule has 0 bridgehead atoms. The number of amides is 1. The zero-order valence-corrected chi connectivity index (χ0v) is 19.9. The van der Waals surface area contributed by atoms with Crippen molar-refractivity contribution >= 4 is 28.5 Å². The van der Waals surface area contributed by atoms with E-state index in [2.05, 4.69) is 16.0 Å². The van der Waals surface area contributed by atoms with Crippen molar-refractivity contribution in [1.82, 2.24) is 14.9 Å². The van der Waals surface area contributed by atoms with E-state index >= 15 is 0 Å².